The third-order valence-electron chi connectivity index (χ3n) is 4.24. The van der Waals surface area contributed by atoms with Crippen molar-refractivity contribution < 1.29 is 4.74 Å². The van der Waals surface area contributed by atoms with Gasteiger partial charge in [-0.3, -0.25) is 4.98 Å². The Hall–Kier alpha value is -2.66. The van der Waals surface area contributed by atoms with E-state index in [0.29, 0.717) is 6.61 Å². The van der Waals surface area contributed by atoms with E-state index >= 15 is 0 Å². The minimum Gasteiger partial charge on any atom is -0.383 e. The van der Waals surface area contributed by atoms with Gasteiger partial charge in [0.25, 0.3) is 0 Å². The summed E-state index contributed by atoms with van der Waals surface area (Å²) in [7, 11) is 3.80. The number of aromatic nitrogens is 2. The molecule has 25 heavy (non-hydrogen) atoms. The average Bonchev–Trinajstić information content (AvgIpc) is 2.67. The molecule has 0 atom stereocenters. The van der Waals surface area contributed by atoms with Gasteiger partial charge in [0.05, 0.1) is 18.5 Å². The molecule has 3 rings (SSSR count). The fourth-order valence-corrected chi connectivity index (χ4v) is 2.86. The number of ether oxygens (including phenoxy) is 1. The van der Waals surface area contributed by atoms with E-state index in [1.165, 1.54) is 10.9 Å². The Balaban J connectivity index is 1.80. The van der Waals surface area contributed by atoms with Gasteiger partial charge >= 0.3 is 0 Å². The van der Waals surface area contributed by atoms with Crippen LogP contribution in [0.1, 0.15) is 5.56 Å². The van der Waals surface area contributed by atoms with Crippen molar-refractivity contribution in [2.75, 3.05) is 44.1 Å². The van der Waals surface area contributed by atoms with Crippen molar-refractivity contribution in [2.45, 2.75) is 6.42 Å². The summed E-state index contributed by atoms with van der Waals surface area (Å²) in [5, 5.41) is 5.73. The monoisotopic (exact) mass is 336 g/mol. The summed E-state index contributed by atoms with van der Waals surface area (Å²) in [6.45, 7) is 2.33. The molecule has 0 amide bonds. The number of likely N-dealkylation sites (N-methyl/N-ethyl adjacent to an activating group) is 1. The predicted octanol–water partition coefficient (Wildman–Crippen LogP) is 3.37. The van der Waals surface area contributed by atoms with Crippen molar-refractivity contribution in [3.63, 3.8) is 0 Å². The zero-order valence-electron chi connectivity index (χ0n) is 14.8. The number of rotatable bonds is 8. The van der Waals surface area contributed by atoms with Crippen LogP contribution < -0.4 is 10.2 Å². The van der Waals surface area contributed by atoms with Crippen molar-refractivity contribution in [1.82, 2.24) is 9.97 Å². The van der Waals surface area contributed by atoms with Crippen LogP contribution in [0, 0.1) is 0 Å². The molecular weight excluding hydrogens is 312 g/mol. The maximum atomic E-state index is 5.12. The van der Waals surface area contributed by atoms with E-state index in [9.17, 15) is 0 Å². The molecule has 1 aromatic carbocycles. The topological polar surface area (TPSA) is 50.3 Å². The van der Waals surface area contributed by atoms with E-state index in [2.05, 4.69) is 58.6 Å². The molecule has 0 saturated carbocycles. The summed E-state index contributed by atoms with van der Waals surface area (Å²) in [5.74, 6) is 1.00. The second-order valence-electron chi connectivity index (χ2n) is 5.99. The van der Waals surface area contributed by atoms with Crippen LogP contribution in [-0.4, -0.2) is 43.8 Å². The molecule has 2 heterocycles. The second kappa shape index (κ2) is 8.44. The van der Waals surface area contributed by atoms with E-state index < -0.39 is 0 Å². The lowest BCUT2D eigenvalue weighted by Gasteiger charge is -2.21. The summed E-state index contributed by atoms with van der Waals surface area (Å²) >= 11 is 0. The lowest BCUT2D eigenvalue weighted by Crippen LogP contribution is -2.22. The number of fused-ring (bicyclic) bond motifs is 1. The van der Waals surface area contributed by atoms with Crippen molar-refractivity contribution in [2.24, 2.45) is 0 Å². The molecule has 0 aliphatic carbocycles. The largest absolute Gasteiger partial charge is 0.383 e. The number of nitrogens with zero attached hydrogens (tertiary/aromatic N) is 3. The predicted molar refractivity (Wildman–Crippen MR) is 103 cm³/mol. The summed E-state index contributed by atoms with van der Waals surface area (Å²) in [5.41, 5.74) is 2.32. The van der Waals surface area contributed by atoms with Crippen LogP contribution >= 0.6 is 0 Å². The first kappa shape index (κ1) is 17.2. The Morgan fingerprint density at radius 3 is 2.60 bits per heavy atom. The molecule has 0 aliphatic heterocycles. The number of anilines is 2. The molecule has 1 N–H and O–H groups in total. The molecule has 5 heteroatoms. The summed E-state index contributed by atoms with van der Waals surface area (Å²) in [4.78, 5) is 11.0. The average molecular weight is 336 g/mol. The van der Waals surface area contributed by atoms with Gasteiger partial charge in [-0.1, -0.05) is 24.3 Å². The van der Waals surface area contributed by atoms with Crippen LogP contribution in [0.3, 0.4) is 0 Å². The molecule has 5 nitrogen and oxygen atoms in total. The smallest absolute Gasteiger partial charge is 0.136 e. The summed E-state index contributed by atoms with van der Waals surface area (Å²) in [6, 6.07) is 12.5. The lowest BCUT2D eigenvalue weighted by molar-refractivity contribution is 0.211. The van der Waals surface area contributed by atoms with Crippen LogP contribution in [0.2, 0.25) is 0 Å². The highest BCUT2D eigenvalue weighted by Gasteiger charge is 2.11. The van der Waals surface area contributed by atoms with Crippen LogP contribution in [0.5, 0.6) is 0 Å². The first-order valence-corrected chi connectivity index (χ1v) is 8.50. The molecule has 0 aliphatic rings. The highest BCUT2D eigenvalue weighted by molar-refractivity contribution is 6.00. The highest BCUT2D eigenvalue weighted by Crippen LogP contribution is 2.29. The minimum absolute atomic E-state index is 0.669. The summed E-state index contributed by atoms with van der Waals surface area (Å²) < 4.78 is 5.12. The van der Waals surface area contributed by atoms with Gasteiger partial charge < -0.3 is 15.0 Å². The number of hydrogen-bond acceptors (Lipinski definition) is 5. The van der Waals surface area contributed by atoms with Crippen LogP contribution in [0.15, 0.2) is 55.0 Å². The van der Waals surface area contributed by atoms with Crippen molar-refractivity contribution in [1.29, 1.82) is 0 Å². The Labute approximate surface area is 148 Å². The molecule has 0 unspecified atom stereocenters. The fourth-order valence-electron chi connectivity index (χ4n) is 2.86. The number of methoxy groups -OCH3 is 1. The Morgan fingerprint density at radius 1 is 1.08 bits per heavy atom. The Bertz CT molecular complexity index is 807. The summed E-state index contributed by atoms with van der Waals surface area (Å²) in [6.07, 6.45) is 6.55. The maximum absolute atomic E-state index is 5.12. The number of benzene rings is 1. The van der Waals surface area contributed by atoms with E-state index in [-0.39, 0.29) is 0 Å². The first-order valence-electron chi connectivity index (χ1n) is 8.50. The van der Waals surface area contributed by atoms with Crippen molar-refractivity contribution in [3.05, 3.63) is 60.6 Å². The maximum Gasteiger partial charge on any atom is 0.136 e. The van der Waals surface area contributed by atoms with Gasteiger partial charge in [-0.05, 0) is 24.1 Å². The van der Waals surface area contributed by atoms with Gasteiger partial charge in [0.15, 0.2) is 0 Å². The van der Waals surface area contributed by atoms with Crippen molar-refractivity contribution >= 4 is 22.3 Å². The highest BCUT2D eigenvalue weighted by atomic mass is 16.5. The fraction of sp³-hybridized carbons (Fsp3) is 0.300. The molecule has 3 aromatic rings. The van der Waals surface area contributed by atoms with Crippen LogP contribution in [-0.2, 0) is 11.2 Å². The third-order valence-corrected chi connectivity index (χ3v) is 4.24. The first-order chi connectivity index (χ1) is 12.3. The quantitative estimate of drug-likeness (QED) is 0.639. The van der Waals surface area contributed by atoms with Gasteiger partial charge in [-0.25, -0.2) is 4.98 Å². The molecule has 2 aromatic heterocycles. The van der Waals surface area contributed by atoms with Crippen LogP contribution in [0.4, 0.5) is 11.5 Å². The van der Waals surface area contributed by atoms with E-state index in [1.807, 2.05) is 18.6 Å². The Morgan fingerprint density at radius 2 is 1.84 bits per heavy atom. The number of hydrogen-bond donors (Lipinski definition) is 1. The van der Waals surface area contributed by atoms with Gasteiger partial charge in [0.1, 0.15) is 5.82 Å². The molecule has 0 radical (unpaired) electrons. The van der Waals surface area contributed by atoms with Crippen molar-refractivity contribution in [3.8, 4) is 0 Å². The lowest BCUT2D eigenvalue weighted by atomic mass is 10.1. The molecule has 130 valence electrons. The standard InChI is InChI=1S/C20H24N4O/c1-24(13-9-16-7-10-21-11-8-16)20-18-6-4-3-5-17(18)19(15-23-20)22-12-14-25-2/h3-8,10-11,15,22H,9,12-14H2,1-2H3. The second-order valence-corrected chi connectivity index (χ2v) is 5.99. The molecule has 0 saturated heterocycles. The normalized spacial score (nSPS) is 10.8. The number of nitrogens with one attached hydrogen (secondary N) is 1. The van der Waals surface area contributed by atoms with Gasteiger partial charge in [-0.2, -0.15) is 0 Å². The molecular formula is C20H24N4O. The number of pyridine rings is 2. The van der Waals surface area contributed by atoms with Crippen LogP contribution in [0.25, 0.3) is 10.8 Å². The van der Waals surface area contributed by atoms with E-state index in [1.54, 1.807) is 7.11 Å². The molecule has 0 bridgehead atoms. The van der Waals surface area contributed by atoms with Gasteiger partial charge in [-0.15, -0.1) is 0 Å². The minimum atomic E-state index is 0.669. The Kier molecular flexibility index (Phi) is 5.80. The zero-order chi connectivity index (χ0) is 17.5. The zero-order valence-corrected chi connectivity index (χ0v) is 14.8. The third kappa shape index (κ3) is 4.25. The molecule has 0 spiro atoms. The SMILES string of the molecule is COCCNc1cnc(N(C)CCc2ccncc2)c2ccccc12. The van der Waals surface area contributed by atoms with E-state index in [4.69, 9.17) is 9.72 Å². The van der Waals surface area contributed by atoms with Gasteiger partial charge in [0.2, 0.25) is 0 Å². The van der Waals surface area contributed by atoms with Gasteiger partial charge in [0, 0.05) is 50.4 Å². The molecule has 0 fully saturated rings. The van der Waals surface area contributed by atoms with E-state index in [0.717, 1.165) is 36.4 Å².